The highest BCUT2D eigenvalue weighted by Crippen LogP contribution is 2.37. The molecule has 1 aromatic carbocycles. The molecule has 19 heavy (non-hydrogen) atoms. The Bertz CT molecular complexity index is 430. The van der Waals surface area contributed by atoms with E-state index in [0.717, 1.165) is 18.2 Å². The number of hydrogen-bond acceptors (Lipinski definition) is 3. The quantitative estimate of drug-likeness (QED) is 0.874. The van der Waals surface area contributed by atoms with Crippen molar-refractivity contribution >= 4 is 12.4 Å². The van der Waals surface area contributed by atoms with E-state index in [1.54, 1.807) is 0 Å². The molecule has 7 heteroatoms. The van der Waals surface area contributed by atoms with Crippen molar-refractivity contribution in [3.8, 4) is 11.5 Å². The Morgan fingerprint density at radius 2 is 1.74 bits per heavy atom. The number of phenols is 1. The van der Waals surface area contributed by atoms with Crippen molar-refractivity contribution in [2.75, 3.05) is 0 Å². The average Bonchev–Trinajstić information content (AvgIpc) is 2.16. The number of alkyl halides is 3. The Kier molecular flexibility index (Phi) is 5.53. The molecule has 3 N–H and O–H groups in total. The number of nitrogens with two attached hydrogens (primary N) is 1. The van der Waals surface area contributed by atoms with Gasteiger partial charge in [0.1, 0.15) is 11.5 Å². The molecule has 0 saturated heterocycles. The second-order valence-corrected chi connectivity index (χ2v) is 5.11. The largest absolute Gasteiger partial charge is 0.573 e. The summed E-state index contributed by atoms with van der Waals surface area (Å²) in [5.41, 5.74) is 5.74. The average molecular weight is 300 g/mol. The normalized spacial score (nSPS) is 13.6. The van der Waals surface area contributed by atoms with E-state index in [0.29, 0.717) is 0 Å². The van der Waals surface area contributed by atoms with Crippen LogP contribution in [0.3, 0.4) is 0 Å². The van der Waals surface area contributed by atoms with Crippen LogP contribution >= 0.6 is 12.4 Å². The van der Waals surface area contributed by atoms with Gasteiger partial charge in [0, 0.05) is 11.6 Å². The predicted octanol–water partition coefficient (Wildman–Crippen LogP) is 3.76. The minimum atomic E-state index is -4.76. The third kappa shape index (κ3) is 5.16. The molecule has 0 amide bonds. The molecular formula is C12H17ClF3NO2. The van der Waals surface area contributed by atoms with Gasteiger partial charge in [0.2, 0.25) is 0 Å². The molecule has 0 spiro atoms. The van der Waals surface area contributed by atoms with E-state index in [2.05, 4.69) is 4.74 Å². The van der Waals surface area contributed by atoms with Gasteiger partial charge in [-0.1, -0.05) is 20.8 Å². The van der Waals surface area contributed by atoms with Gasteiger partial charge >= 0.3 is 6.36 Å². The van der Waals surface area contributed by atoms with E-state index >= 15 is 0 Å². The van der Waals surface area contributed by atoms with Crippen molar-refractivity contribution in [1.29, 1.82) is 0 Å². The van der Waals surface area contributed by atoms with Crippen molar-refractivity contribution in [1.82, 2.24) is 0 Å². The van der Waals surface area contributed by atoms with Crippen LogP contribution in [0.15, 0.2) is 18.2 Å². The van der Waals surface area contributed by atoms with Gasteiger partial charge in [-0.15, -0.1) is 25.6 Å². The number of ether oxygens (including phenoxy) is 1. The van der Waals surface area contributed by atoms with Crippen LogP contribution in [0.1, 0.15) is 32.4 Å². The van der Waals surface area contributed by atoms with E-state index in [-0.39, 0.29) is 23.7 Å². The monoisotopic (exact) mass is 299 g/mol. The summed E-state index contributed by atoms with van der Waals surface area (Å²) in [6.07, 6.45) is -4.76. The van der Waals surface area contributed by atoms with Crippen molar-refractivity contribution in [3.63, 3.8) is 0 Å². The Hall–Kier alpha value is -1.14. The van der Waals surface area contributed by atoms with Crippen LogP contribution in [0.2, 0.25) is 0 Å². The van der Waals surface area contributed by atoms with Gasteiger partial charge in [0.15, 0.2) is 0 Å². The number of hydrogen-bond donors (Lipinski definition) is 2. The molecule has 110 valence electrons. The Morgan fingerprint density at radius 1 is 1.21 bits per heavy atom. The first kappa shape index (κ1) is 17.9. The van der Waals surface area contributed by atoms with Gasteiger partial charge in [0.25, 0.3) is 0 Å². The highest BCUT2D eigenvalue weighted by atomic mass is 35.5. The molecule has 3 nitrogen and oxygen atoms in total. The third-order valence-corrected chi connectivity index (χ3v) is 2.50. The van der Waals surface area contributed by atoms with Gasteiger partial charge < -0.3 is 15.6 Å². The number of rotatable bonds is 2. The minimum Gasteiger partial charge on any atom is -0.508 e. The summed E-state index contributed by atoms with van der Waals surface area (Å²) < 4.78 is 40.1. The Labute approximate surface area is 116 Å². The van der Waals surface area contributed by atoms with Gasteiger partial charge in [-0.3, -0.25) is 0 Å². The van der Waals surface area contributed by atoms with Crippen molar-refractivity contribution in [2.24, 2.45) is 11.1 Å². The molecule has 1 atom stereocenters. The standard InChI is InChI=1S/C12H16F3NO2.ClH/c1-11(2,3)10(16)8-6-7(4-5-9(8)17)18-12(13,14)15;/h4-6,10,17H,16H2,1-3H3;1H/t10-;/m1./s1. The van der Waals surface area contributed by atoms with Gasteiger partial charge in [-0.2, -0.15) is 0 Å². The fraction of sp³-hybridized carbons (Fsp3) is 0.500. The molecule has 0 radical (unpaired) electrons. The minimum absolute atomic E-state index is 0. The summed E-state index contributed by atoms with van der Waals surface area (Å²) >= 11 is 0. The zero-order valence-corrected chi connectivity index (χ0v) is 11.6. The molecule has 0 fully saturated rings. The second kappa shape index (κ2) is 5.88. The first-order valence-electron chi connectivity index (χ1n) is 5.35. The third-order valence-electron chi connectivity index (χ3n) is 2.50. The van der Waals surface area contributed by atoms with Crippen LogP contribution in [0.25, 0.3) is 0 Å². The maximum Gasteiger partial charge on any atom is 0.573 e. The molecule has 0 heterocycles. The number of halogens is 4. The van der Waals surface area contributed by atoms with Gasteiger partial charge in [-0.25, -0.2) is 0 Å². The van der Waals surface area contributed by atoms with Crippen LogP contribution in [0.5, 0.6) is 11.5 Å². The molecule has 0 aromatic heterocycles. The topological polar surface area (TPSA) is 55.5 Å². The summed E-state index contributed by atoms with van der Waals surface area (Å²) in [4.78, 5) is 0. The van der Waals surface area contributed by atoms with E-state index in [1.807, 2.05) is 20.8 Å². The summed E-state index contributed by atoms with van der Waals surface area (Å²) in [7, 11) is 0. The highest BCUT2D eigenvalue weighted by Gasteiger charge is 2.32. The zero-order valence-electron chi connectivity index (χ0n) is 10.8. The number of phenolic OH excluding ortho intramolecular Hbond substituents is 1. The van der Waals surface area contributed by atoms with Crippen LogP contribution in [-0.4, -0.2) is 11.5 Å². The molecule has 0 aliphatic heterocycles. The Balaban J connectivity index is 0.00000324. The fourth-order valence-electron chi connectivity index (χ4n) is 1.45. The Morgan fingerprint density at radius 3 is 2.16 bits per heavy atom. The van der Waals surface area contributed by atoms with E-state index in [9.17, 15) is 18.3 Å². The van der Waals surface area contributed by atoms with Crippen molar-refractivity contribution in [3.05, 3.63) is 23.8 Å². The summed E-state index contributed by atoms with van der Waals surface area (Å²) in [6.45, 7) is 5.48. The SMILES string of the molecule is CC(C)(C)[C@H](N)c1cc(OC(F)(F)F)ccc1O.Cl. The van der Waals surface area contributed by atoms with Gasteiger partial charge in [-0.05, 0) is 23.6 Å². The molecule has 0 bridgehead atoms. The molecule has 0 unspecified atom stereocenters. The van der Waals surface area contributed by atoms with E-state index in [1.165, 1.54) is 0 Å². The lowest BCUT2D eigenvalue weighted by molar-refractivity contribution is -0.274. The summed E-state index contributed by atoms with van der Waals surface area (Å²) in [5, 5.41) is 9.65. The maximum absolute atomic E-state index is 12.1. The molecule has 0 aliphatic rings. The van der Waals surface area contributed by atoms with E-state index < -0.39 is 23.6 Å². The lowest BCUT2D eigenvalue weighted by Gasteiger charge is -2.28. The molecule has 1 aromatic rings. The number of aromatic hydroxyl groups is 1. The van der Waals surface area contributed by atoms with Crippen molar-refractivity contribution < 1.29 is 23.0 Å². The lowest BCUT2D eigenvalue weighted by Crippen LogP contribution is -2.26. The molecular weight excluding hydrogens is 283 g/mol. The fourth-order valence-corrected chi connectivity index (χ4v) is 1.45. The van der Waals surface area contributed by atoms with Crippen LogP contribution in [0.4, 0.5) is 13.2 Å². The zero-order chi connectivity index (χ0) is 14.1. The van der Waals surface area contributed by atoms with Crippen molar-refractivity contribution in [2.45, 2.75) is 33.2 Å². The summed E-state index contributed by atoms with van der Waals surface area (Å²) in [6, 6.07) is 2.69. The lowest BCUT2D eigenvalue weighted by atomic mass is 9.82. The highest BCUT2D eigenvalue weighted by molar-refractivity contribution is 5.85. The molecule has 0 saturated carbocycles. The smallest absolute Gasteiger partial charge is 0.508 e. The second-order valence-electron chi connectivity index (χ2n) is 5.11. The predicted molar refractivity (Wildman–Crippen MR) is 68.4 cm³/mol. The van der Waals surface area contributed by atoms with Crippen LogP contribution in [-0.2, 0) is 0 Å². The number of benzene rings is 1. The summed E-state index contributed by atoms with van der Waals surface area (Å²) in [5.74, 6) is -0.540. The van der Waals surface area contributed by atoms with Crippen LogP contribution in [0, 0.1) is 5.41 Å². The van der Waals surface area contributed by atoms with Crippen LogP contribution < -0.4 is 10.5 Å². The first-order chi connectivity index (χ1) is 8.00. The maximum atomic E-state index is 12.1. The van der Waals surface area contributed by atoms with E-state index in [4.69, 9.17) is 5.73 Å². The molecule has 1 rings (SSSR count). The molecule has 0 aliphatic carbocycles. The van der Waals surface area contributed by atoms with Gasteiger partial charge in [0.05, 0.1) is 0 Å². The first-order valence-corrected chi connectivity index (χ1v) is 5.35.